The van der Waals surface area contributed by atoms with E-state index in [2.05, 4.69) is 20.6 Å². The third kappa shape index (κ3) is 9.90. The van der Waals surface area contributed by atoms with E-state index in [1.807, 2.05) is 82.5 Å². The van der Waals surface area contributed by atoms with Crippen LogP contribution in [0.15, 0.2) is 54.7 Å². The van der Waals surface area contributed by atoms with Gasteiger partial charge in [0.05, 0.1) is 56.2 Å². The number of imidazole rings is 2. The summed E-state index contributed by atoms with van der Waals surface area (Å²) in [6.07, 6.45) is 3.81. The van der Waals surface area contributed by atoms with Crippen molar-refractivity contribution in [2.75, 3.05) is 40.7 Å². The van der Waals surface area contributed by atoms with E-state index in [1.54, 1.807) is 34.9 Å². The van der Waals surface area contributed by atoms with E-state index in [0.717, 1.165) is 27.9 Å². The summed E-state index contributed by atoms with van der Waals surface area (Å²) in [5, 5.41) is 5.94. The van der Waals surface area contributed by atoms with Crippen molar-refractivity contribution in [2.24, 2.45) is 11.8 Å². The molecule has 18 heteroatoms. The van der Waals surface area contributed by atoms with Gasteiger partial charge in [0.25, 0.3) is 0 Å². The van der Waals surface area contributed by atoms with Crippen molar-refractivity contribution in [2.45, 2.75) is 75.2 Å². The van der Waals surface area contributed by atoms with Gasteiger partial charge in [0.1, 0.15) is 23.7 Å². The second-order valence-corrected chi connectivity index (χ2v) is 18.3. The maximum atomic E-state index is 13.8. The standard InChI is InChI=1S/C42H53ClN8O7S2/c1-22(2)33(47-41(54)56-5)39(52)50-20-28(59-8)17-32(50)38-46-35(36(43)49-38)27-15-11-25(12-16-27)24-9-13-26(14-10-24)30-19-44-37(45-30)31-18-29(60-58-7)21-51(31)40(53)34(23(3)4)48-42(55)57-6/h9-16,19,22-23,28-29,31-34H,17-18,20-21H2,1-8H3,(H,44,45)(H,46,49)(H,47,54)(H,48,55)/t28-,29-,31-,32-,33-,34-/m0/s1. The Morgan fingerprint density at radius 2 is 1.22 bits per heavy atom. The maximum Gasteiger partial charge on any atom is 0.407 e. The summed E-state index contributed by atoms with van der Waals surface area (Å²) in [5.74, 6) is 0.544. The van der Waals surface area contributed by atoms with Gasteiger partial charge in [-0.3, -0.25) is 9.59 Å². The number of amides is 4. The molecule has 0 saturated carbocycles. The van der Waals surface area contributed by atoms with Crippen LogP contribution in [0.1, 0.15) is 64.3 Å². The van der Waals surface area contributed by atoms with Crippen LogP contribution in [0.2, 0.25) is 5.15 Å². The molecule has 2 aliphatic heterocycles. The van der Waals surface area contributed by atoms with Crippen LogP contribution in [0.5, 0.6) is 0 Å². The number of aromatic amines is 2. The second-order valence-electron chi connectivity index (χ2n) is 15.6. The molecule has 322 valence electrons. The first kappa shape index (κ1) is 44.8. The lowest BCUT2D eigenvalue weighted by molar-refractivity contribution is -0.136. The van der Waals surface area contributed by atoms with E-state index >= 15 is 0 Å². The Morgan fingerprint density at radius 1 is 0.733 bits per heavy atom. The Balaban J connectivity index is 1.16. The fourth-order valence-corrected chi connectivity index (χ4v) is 9.46. The number of benzene rings is 2. The fourth-order valence-electron chi connectivity index (χ4n) is 7.78. The van der Waals surface area contributed by atoms with Crippen molar-refractivity contribution >= 4 is 59.4 Å². The number of hydrogen-bond donors (Lipinski definition) is 4. The number of nitrogens with one attached hydrogen (secondary N) is 4. The Bertz CT molecular complexity index is 2130. The van der Waals surface area contributed by atoms with E-state index in [4.69, 9.17) is 35.2 Å². The summed E-state index contributed by atoms with van der Waals surface area (Å²) in [6.45, 7) is 8.50. The molecule has 0 bridgehead atoms. The molecule has 2 aliphatic rings. The van der Waals surface area contributed by atoms with Crippen molar-refractivity contribution in [3.8, 4) is 33.6 Å². The predicted molar refractivity (Wildman–Crippen MR) is 234 cm³/mol. The zero-order valence-corrected chi connectivity index (χ0v) is 37.4. The molecule has 15 nitrogen and oxygen atoms in total. The molecular formula is C42H53ClN8O7S2. The van der Waals surface area contributed by atoms with Crippen molar-refractivity contribution in [3.63, 3.8) is 0 Å². The molecule has 4 aromatic rings. The lowest BCUT2D eigenvalue weighted by Gasteiger charge is -2.30. The third-order valence-electron chi connectivity index (χ3n) is 11.0. The summed E-state index contributed by atoms with van der Waals surface area (Å²) < 4.78 is 15.0. The van der Waals surface area contributed by atoms with Crippen molar-refractivity contribution in [1.29, 1.82) is 0 Å². The van der Waals surface area contributed by atoms with Gasteiger partial charge in [-0.15, -0.1) is 0 Å². The summed E-state index contributed by atoms with van der Waals surface area (Å²) in [4.78, 5) is 71.7. The molecule has 6 rings (SSSR count). The number of aromatic nitrogens is 4. The highest BCUT2D eigenvalue weighted by atomic mass is 35.5. The van der Waals surface area contributed by atoms with Crippen LogP contribution in [0.3, 0.4) is 0 Å². The van der Waals surface area contributed by atoms with Gasteiger partial charge in [0.2, 0.25) is 11.8 Å². The Hall–Kier alpha value is -4.71. The molecule has 2 aromatic heterocycles. The number of ether oxygens (including phenoxy) is 2. The SMILES string of the molecule is COS[C@H]1C[C@@H](c2ncc(-c3ccc(-c4ccc(-c5[nH]c([C@@H]6C[C@H](SC)CN6C(=O)[C@@H](NC(=O)OC)C(C)C)nc5Cl)cc4)cc3)[nH]2)N(C(=O)[C@@H](NC(=O)OC)C(C)C)C1. The predicted octanol–water partition coefficient (Wildman–Crippen LogP) is 7.49. The average Bonchev–Trinajstić information content (AvgIpc) is 4.07. The van der Waals surface area contributed by atoms with Gasteiger partial charge in [-0.05, 0) is 59.7 Å². The first-order valence-electron chi connectivity index (χ1n) is 19.8. The van der Waals surface area contributed by atoms with Crippen LogP contribution >= 0.6 is 35.4 Å². The molecule has 6 atom stereocenters. The smallest absolute Gasteiger partial charge is 0.407 e. The van der Waals surface area contributed by atoms with E-state index in [0.29, 0.717) is 48.4 Å². The molecule has 2 saturated heterocycles. The van der Waals surface area contributed by atoms with Crippen LogP contribution in [-0.2, 0) is 23.2 Å². The van der Waals surface area contributed by atoms with Crippen molar-refractivity contribution in [3.05, 3.63) is 71.5 Å². The quantitative estimate of drug-likeness (QED) is 0.0921. The summed E-state index contributed by atoms with van der Waals surface area (Å²) in [7, 11) is 4.17. The normalized spacial score (nSPS) is 20.1. The van der Waals surface area contributed by atoms with E-state index in [1.165, 1.54) is 26.3 Å². The monoisotopic (exact) mass is 880 g/mol. The van der Waals surface area contributed by atoms with Gasteiger partial charge in [-0.2, -0.15) is 11.8 Å². The van der Waals surface area contributed by atoms with Crippen molar-refractivity contribution in [1.82, 2.24) is 40.4 Å². The number of alkyl carbamates (subject to hydrolysis) is 2. The zero-order chi connectivity index (χ0) is 43.2. The lowest BCUT2D eigenvalue weighted by Crippen LogP contribution is -2.51. The number of H-pyrrole nitrogens is 2. The van der Waals surface area contributed by atoms with E-state index in [-0.39, 0.29) is 46.2 Å². The minimum absolute atomic E-state index is 0.0300. The van der Waals surface area contributed by atoms with Crippen LogP contribution in [0.25, 0.3) is 33.6 Å². The minimum atomic E-state index is -0.758. The number of carbonyl (C=O) groups is 4. The number of halogens is 1. The number of carbonyl (C=O) groups excluding carboxylic acids is 4. The molecule has 0 unspecified atom stereocenters. The molecule has 60 heavy (non-hydrogen) atoms. The molecule has 0 aliphatic carbocycles. The molecule has 0 spiro atoms. The molecule has 4 amide bonds. The van der Waals surface area contributed by atoms with Crippen LogP contribution in [-0.4, -0.2) is 117 Å². The zero-order valence-electron chi connectivity index (χ0n) is 35.0. The topological polar surface area (TPSA) is 184 Å². The first-order chi connectivity index (χ1) is 28.8. The van der Waals surface area contributed by atoms with Crippen molar-refractivity contribution < 1.29 is 32.8 Å². The Morgan fingerprint density at radius 3 is 1.72 bits per heavy atom. The number of hydrogen-bond acceptors (Lipinski definition) is 11. The van der Waals surface area contributed by atoms with Gasteiger partial charge < -0.3 is 44.1 Å². The minimum Gasteiger partial charge on any atom is -0.453 e. The highest BCUT2D eigenvalue weighted by Gasteiger charge is 2.43. The van der Waals surface area contributed by atoms with E-state index in [9.17, 15) is 19.2 Å². The lowest BCUT2D eigenvalue weighted by atomic mass is 10.0. The highest BCUT2D eigenvalue weighted by molar-refractivity contribution is 7.99. The maximum absolute atomic E-state index is 13.8. The number of likely N-dealkylation sites (tertiary alicyclic amines) is 2. The Kier molecular flexibility index (Phi) is 14.8. The molecule has 2 aromatic carbocycles. The van der Waals surface area contributed by atoms with Gasteiger partial charge in [-0.1, -0.05) is 87.8 Å². The average molecular weight is 882 g/mol. The highest BCUT2D eigenvalue weighted by Crippen LogP contribution is 2.40. The molecule has 4 N–H and O–H groups in total. The van der Waals surface area contributed by atoms with Crippen LogP contribution in [0.4, 0.5) is 9.59 Å². The number of thioether (sulfide) groups is 1. The first-order valence-corrected chi connectivity index (χ1v) is 22.3. The molecule has 4 heterocycles. The third-order valence-corrected chi connectivity index (χ3v) is 13.1. The van der Waals surface area contributed by atoms with Gasteiger partial charge in [-0.25, -0.2) is 19.6 Å². The number of methoxy groups -OCH3 is 2. The summed E-state index contributed by atoms with van der Waals surface area (Å²) in [5.41, 5.74) is 5.26. The number of nitrogens with zero attached hydrogens (tertiary/aromatic N) is 4. The second kappa shape index (κ2) is 19.8. The summed E-state index contributed by atoms with van der Waals surface area (Å²) >= 11 is 9.76. The van der Waals surface area contributed by atoms with Gasteiger partial charge in [0.15, 0.2) is 5.15 Å². The molecular weight excluding hydrogens is 828 g/mol. The fraction of sp³-hybridized carbons (Fsp3) is 0.476. The van der Waals surface area contributed by atoms with Gasteiger partial charge in [0, 0.05) is 23.9 Å². The summed E-state index contributed by atoms with van der Waals surface area (Å²) in [6, 6.07) is 14.0. The van der Waals surface area contributed by atoms with E-state index < -0.39 is 24.3 Å². The largest absolute Gasteiger partial charge is 0.453 e. The van der Waals surface area contributed by atoms with Gasteiger partial charge >= 0.3 is 12.2 Å². The van der Waals surface area contributed by atoms with Crippen LogP contribution in [0, 0.1) is 11.8 Å². The molecule has 2 fully saturated rings. The van der Waals surface area contributed by atoms with Crippen LogP contribution < -0.4 is 10.6 Å². The molecule has 0 radical (unpaired) electrons. The number of rotatable bonds is 14. The Labute approximate surface area is 364 Å².